The molecule has 1 atom stereocenters. The Balaban J connectivity index is 2.45. The first-order valence-corrected chi connectivity index (χ1v) is 7.79. The van der Waals surface area contributed by atoms with E-state index in [0.717, 1.165) is 11.1 Å². The SMILES string of the molecule is CC(CN(C)C(=O)c1cnn(-c2ccc(Cl)cc2)c1C(F)(F)F)C(=O)O. The van der Waals surface area contributed by atoms with Crippen LogP contribution in [0.5, 0.6) is 0 Å². The fourth-order valence-electron chi connectivity index (χ4n) is 2.33. The zero-order valence-electron chi connectivity index (χ0n) is 13.8. The number of benzene rings is 1. The minimum Gasteiger partial charge on any atom is -0.481 e. The summed E-state index contributed by atoms with van der Waals surface area (Å²) >= 11 is 5.74. The van der Waals surface area contributed by atoms with E-state index in [1.165, 1.54) is 38.2 Å². The first kappa shape index (κ1) is 19.8. The van der Waals surface area contributed by atoms with E-state index in [9.17, 15) is 22.8 Å². The Morgan fingerprint density at radius 1 is 1.31 bits per heavy atom. The lowest BCUT2D eigenvalue weighted by atomic mass is 10.1. The monoisotopic (exact) mass is 389 g/mol. The minimum atomic E-state index is -4.85. The highest BCUT2D eigenvalue weighted by Gasteiger charge is 2.41. The van der Waals surface area contributed by atoms with Crippen LogP contribution in [-0.4, -0.2) is 45.3 Å². The van der Waals surface area contributed by atoms with Gasteiger partial charge in [-0.3, -0.25) is 9.59 Å². The zero-order chi connectivity index (χ0) is 19.6. The maximum atomic E-state index is 13.6. The second-order valence-electron chi connectivity index (χ2n) is 5.72. The van der Waals surface area contributed by atoms with Gasteiger partial charge in [-0.1, -0.05) is 18.5 Å². The van der Waals surface area contributed by atoms with Gasteiger partial charge in [0.1, 0.15) is 0 Å². The number of hydrogen-bond acceptors (Lipinski definition) is 3. The number of carbonyl (C=O) groups is 2. The lowest BCUT2D eigenvalue weighted by Crippen LogP contribution is -2.34. The molecular weight excluding hydrogens is 375 g/mol. The third-order valence-electron chi connectivity index (χ3n) is 3.66. The first-order valence-electron chi connectivity index (χ1n) is 7.41. The van der Waals surface area contributed by atoms with E-state index in [2.05, 4.69) is 5.10 Å². The topological polar surface area (TPSA) is 75.4 Å². The van der Waals surface area contributed by atoms with Gasteiger partial charge in [0.2, 0.25) is 0 Å². The number of halogens is 4. The van der Waals surface area contributed by atoms with E-state index < -0.39 is 35.2 Å². The van der Waals surface area contributed by atoms with Gasteiger partial charge in [0.15, 0.2) is 5.69 Å². The van der Waals surface area contributed by atoms with Gasteiger partial charge in [-0.15, -0.1) is 0 Å². The Kier molecular flexibility index (Phi) is 5.60. The molecule has 0 bridgehead atoms. The van der Waals surface area contributed by atoms with Crippen molar-refractivity contribution in [1.29, 1.82) is 0 Å². The fourth-order valence-corrected chi connectivity index (χ4v) is 2.46. The number of nitrogens with zero attached hydrogens (tertiary/aromatic N) is 3. The molecule has 0 saturated carbocycles. The standard InChI is InChI=1S/C16H15ClF3N3O3/c1-9(15(25)26)8-22(2)14(24)12-7-21-23(13(12)16(18,19)20)11-5-3-10(17)4-6-11/h3-7,9H,8H2,1-2H3,(H,25,26). The van der Waals surface area contributed by atoms with Gasteiger partial charge >= 0.3 is 12.1 Å². The summed E-state index contributed by atoms with van der Waals surface area (Å²) in [5.41, 5.74) is -1.81. The Hall–Kier alpha value is -2.55. The molecule has 1 N–H and O–H groups in total. The van der Waals surface area contributed by atoms with Gasteiger partial charge < -0.3 is 10.0 Å². The van der Waals surface area contributed by atoms with Crippen LogP contribution < -0.4 is 0 Å². The number of aliphatic carboxylic acids is 1. The number of hydrogen-bond donors (Lipinski definition) is 1. The van der Waals surface area contributed by atoms with Crippen molar-refractivity contribution in [3.8, 4) is 5.69 Å². The molecule has 1 aromatic carbocycles. The first-order chi connectivity index (χ1) is 12.0. The van der Waals surface area contributed by atoms with Crippen molar-refractivity contribution < 1.29 is 27.9 Å². The lowest BCUT2D eigenvalue weighted by Gasteiger charge is -2.20. The van der Waals surface area contributed by atoms with Crippen molar-refractivity contribution in [3.63, 3.8) is 0 Å². The minimum absolute atomic E-state index is 0.0855. The average Bonchev–Trinajstić information content (AvgIpc) is 2.99. The maximum Gasteiger partial charge on any atom is 0.434 e. The predicted octanol–water partition coefficient (Wildman–Crippen LogP) is 3.34. The highest BCUT2D eigenvalue weighted by Crippen LogP contribution is 2.34. The molecular formula is C16H15ClF3N3O3. The second-order valence-corrected chi connectivity index (χ2v) is 6.15. The Labute approximate surface area is 151 Å². The normalized spacial score (nSPS) is 12.7. The van der Waals surface area contributed by atoms with Gasteiger partial charge in [-0.25, -0.2) is 4.68 Å². The van der Waals surface area contributed by atoms with Crippen LogP contribution in [-0.2, 0) is 11.0 Å². The van der Waals surface area contributed by atoms with Gasteiger partial charge in [-0.2, -0.15) is 18.3 Å². The van der Waals surface area contributed by atoms with Gasteiger partial charge in [0, 0.05) is 18.6 Å². The summed E-state index contributed by atoms with van der Waals surface area (Å²) in [6.07, 6.45) is -4.03. The van der Waals surface area contributed by atoms with Crippen LogP contribution in [0.1, 0.15) is 23.0 Å². The van der Waals surface area contributed by atoms with Crippen LogP contribution in [0.3, 0.4) is 0 Å². The van der Waals surface area contributed by atoms with E-state index in [0.29, 0.717) is 9.70 Å². The third-order valence-corrected chi connectivity index (χ3v) is 3.91. The molecule has 1 amide bonds. The number of rotatable bonds is 5. The summed E-state index contributed by atoms with van der Waals surface area (Å²) in [4.78, 5) is 24.2. The predicted molar refractivity (Wildman–Crippen MR) is 87.3 cm³/mol. The molecule has 10 heteroatoms. The van der Waals surface area contributed by atoms with Crippen molar-refractivity contribution >= 4 is 23.5 Å². The molecule has 6 nitrogen and oxygen atoms in total. The molecule has 1 heterocycles. The van der Waals surface area contributed by atoms with Crippen LogP contribution in [0.15, 0.2) is 30.5 Å². The molecule has 1 unspecified atom stereocenters. The van der Waals surface area contributed by atoms with Crippen LogP contribution in [0, 0.1) is 5.92 Å². The molecule has 1 aromatic heterocycles. The molecule has 0 aliphatic heterocycles. The Morgan fingerprint density at radius 2 is 1.88 bits per heavy atom. The molecule has 0 radical (unpaired) electrons. The fraction of sp³-hybridized carbons (Fsp3) is 0.312. The van der Waals surface area contributed by atoms with Crippen molar-refractivity contribution in [1.82, 2.24) is 14.7 Å². The number of carboxylic acids is 1. The number of aromatic nitrogens is 2. The molecule has 0 aliphatic carbocycles. The molecule has 2 rings (SSSR count). The van der Waals surface area contributed by atoms with Gasteiger partial charge in [0.25, 0.3) is 5.91 Å². The maximum absolute atomic E-state index is 13.6. The molecule has 0 aliphatic rings. The van der Waals surface area contributed by atoms with Crippen molar-refractivity contribution in [2.45, 2.75) is 13.1 Å². The highest BCUT2D eigenvalue weighted by atomic mass is 35.5. The summed E-state index contributed by atoms with van der Waals surface area (Å²) in [6, 6.07) is 5.49. The summed E-state index contributed by atoms with van der Waals surface area (Å²) in [5.74, 6) is -3.05. The van der Waals surface area contributed by atoms with Crippen molar-refractivity contribution in [3.05, 3.63) is 46.7 Å². The van der Waals surface area contributed by atoms with Gasteiger partial charge in [0.05, 0.1) is 23.4 Å². The van der Waals surface area contributed by atoms with Crippen LogP contribution in [0.4, 0.5) is 13.2 Å². The highest BCUT2D eigenvalue weighted by molar-refractivity contribution is 6.30. The average molecular weight is 390 g/mol. The second kappa shape index (κ2) is 7.36. The zero-order valence-corrected chi connectivity index (χ0v) is 14.5. The summed E-state index contributed by atoms with van der Waals surface area (Å²) in [6.45, 7) is 1.12. The van der Waals surface area contributed by atoms with E-state index in [-0.39, 0.29) is 12.2 Å². The van der Waals surface area contributed by atoms with Crippen molar-refractivity contribution in [2.75, 3.05) is 13.6 Å². The lowest BCUT2D eigenvalue weighted by molar-refractivity contribution is -0.143. The molecule has 0 spiro atoms. The molecule has 26 heavy (non-hydrogen) atoms. The molecule has 0 saturated heterocycles. The Bertz CT molecular complexity index is 818. The number of carbonyl (C=O) groups excluding carboxylic acids is 1. The van der Waals surface area contributed by atoms with Crippen LogP contribution >= 0.6 is 11.6 Å². The van der Waals surface area contributed by atoms with E-state index in [1.54, 1.807) is 0 Å². The van der Waals surface area contributed by atoms with Crippen LogP contribution in [0.2, 0.25) is 5.02 Å². The summed E-state index contributed by atoms with van der Waals surface area (Å²) in [5, 5.41) is 12.9. The number of amides is 1. The summed E-state index contributed by atoms with van der Waals surface area (Å²) in [7, 11) is 1.24. The van der Waals surface area contributed by atoms with E-state index in [4.69, 9.17) is 16.7 Å². The van der Waals surface area contributed by atoms with Crippen molar-refractivity contribution in [2.24, 2.45) is 5.92 Å². The van der Waals surface area contributed by atoms with Gasteiger partial charge in [-0.05, 0) is 24.3 Å². The van der Waals surface area contributed by atoms with Crippen LogP contribution in [0.25, 0.3) is 5.69 Å². The third kappa shape index (κ3) is 4.16. The molecule has 140 valence electrons. The quantitative estimate of drug-likeness (QED) is 0.851. The number of carboxylic acid groups (broad SMARTS) is 1. The summed E-state index contributed by atoms with van der Waals surface area (Å²) < 4.78 is 41.3. The van der Waals surface area contributed by atoms with E-state index >= 15 is 0 Å². The van der Waals surface area contributed by atoms with E-state index in [1.807, 2.05) is 0 Å². The number of alkyl halides is 3. The Morgan fingerprint density at radius 3 is 2.38 bits per heavy atom. The largest absolute Gasteiger partial charge is 0.481 e. The molecule has 0 fully saturated rings. The molecule has 2 aromatic rings. The smallest absolute Gasteiger partial charge is 0.434 e.